The largest absolute Gasteiger partial charge is 0.350 e. The van der Waals surface area contributed by atoms with Crippen LogP contribution in [0.15, 0.2) is 47.1 Å². The first kappa shape index (κ1) is 14.1. The summed E-state index contributed by atoms with van der Waals surface area (Å²) < 4.78 is 1.06. The Balaban J connectivity index is 2.27. The molecule has 0 amide bonds. The highest BCUT2D eigenvalue weighted by Gasteiger charge is 2.13. The molecule has 0 fully saturated rings. The van der Waals surface area contributed by atoms with Gasteiger partial charge in [-0.2, -0.15) is 0 Å². The van der Waals surface area contributed by atoms with Crippen LogP contribution in [0.1, 0.15) is 25.0 Å². The SMILES string of the molecule is Cc1cc(N(Cc2ccccc2)C(C)C)ncc1Br. The second-order valence-electron chi connectivity index (χ2n) is 5.00. The van der Waals surface area contributed by atoms with Crippen LogP contribution in [-0.2, 0) is 6.54 Å². The molecule has 1 aromatic heterocycles. The van der Waals surface area contributed by atoms with Gasteiger partial charge in [0, 0.05) is 23.3 Å². The van der Waals surface area contributed by atoms with Crippen molar-refractivity contribution in [2.24, 2.45) is 0 Å². The predicted octanol–water partition coefficient (Wildman–Crippen LogP) is 4.57. The average molecular weight is 319 g/mol. The van der Waals surface area contributed by atoms with E-state index in [2.05, 4.69) is 76.9 Å². The summed E-state index contributed by atoms with van der Waals surface area (Å²) in [6.45, 7) is 7.37. The molecule has 0 aliphatic heterocycles. The molecule has 2 aromatic rings. The molecule has 0 aliphatic rings. The van der Waals surface area contributed by atoms with E-state index in [1.165, 1.54) is 11.1 Å². The van der Waals surface area contributed by atoms with Crippen LogP contribution < -0.4 is 4.90 Å². The number of rotatable bonds is 4. The van der Waals surface area contributed by atoms with Gasteiger partial charge in [0.05, 0.1) is 0 Å². The van der Waals surface area contributed by atoms with Crippen molar-refractivity contribution in [3.05, 3.63) is 58.2 Å². The molecule has 2 nitrogen and oxygen atoms in total. The minimum absolute atomic E-state index is 0.410. The molecule has 0 spiro atoms. The van der Waals surface area contributed by atoms with E-state index >= 15 is 0 Å². The summed E-state index contributed by atoms with van der Waals surface area (Å²) in [4.78, 5) is 6.85. The van der Waals surface area contributed by atoms with Gasteiger partial charge in [0.1, 0.15) is 5.82 Å². The van der Waals surface area contributed by atoms with E-state index in [1.54, 1.807) is 0 Å². The third-order valence-electron chi connectivity index (χ3n) is 3.15. The maximum atomic E-state index is 4.54. The summed E-state index contributed by atoms with van der Waals surface area (Å²) >= 11 is 3.50. The maximum Gasteiger partial charge on any atom is 0.129 e. The number of aryl methyl sites for hydroxylation is 1. The summed E-state index contributed by atoms with van der Waals surface area (Å²) in [7, 11) is 0. The summed E-state index contributed by atoms with van der Waals surface area (Å²) in [5.41, 5.74) is 2.52. The van der Waals surface area contributed by atoms with E-state index < -0.39 is 0 Å². The smallest absolute Gasteiger partial charge is 0.129 e. The van der Waals surface area contributed by atoms with Crippen molar-refractivity contribution in [1.82, 2.24) is 4.98 Å². The zero-order valence-corrected chi connectivity index (χ0v) is 13.2. The molecule has 0 bridgehead atoms. The van der Waals surface area contributed by atoms with Gasteiger partial charge in [0.2, 0.25) is 0 Å². The Morgan fingerprint density at radius 1 is 1.21 bits per heavy atom. The first-order chi connectivity index (χ1) is 9.08. The zero-order valence-electron chi connectivity index (χ0n) is 11.6. The van der Waals surface area contributed by atoms with Crippen LogP contribution in [0.25, 0.3) is 0 Å². The summed E-state index contributed by atoms with van der Waals surface area (Å²) in [6, 6.07) is 13.1. The highest BCUT2D eigenvalue weighted by molar-refractivity contribution is 9.10. The summed E-state index contributed by atoms with van der Waals surface area (Å²) in [5, 5.41) is 0. The third-order valence-corrected chi connectivity index (χ3v) is 3.98. The van der Waals surface area contributed by atoms with Crippen LogP contribution in [0, 0.1) is 6.92 Å². The van der Waals surface area contributed by atoms with Crippen LogP contribution in [0.5, 0.6) is 0 Å². The molecule has 0 atom stereocenters. The number of nitrogens with zero attached hydrogens (tertiary/aromatic N) is 2. The highest BCUT2D eigenvalue weighted by atomic mass is 79.9. The van der Waals surface area contributed by atoms with Crippen molar-refractivity contribution in [1.29, 1.82) is 0 Å². The molecule has 1 aromatic carbocycles. The van der Waals surface area contributed by atoms with Gasteiger partial charge in [-0.15, -0.1) is 0 Å². The number of hydrogen-bond donors (Lipinski definition) is 0. The molecular formula is C16H19BrN2. The molecule has 1 heterocycles. The van der Waals surface area contributed by atoms with Crippen LogP contribution in [0.4, 0.5) is 5.82 Å². The van der Waals surface area contributed by atoms with Crippen LogP contribution in [0.3, 0.4) is 0 Å². The van der Waals surface area contributed by atoms with Gasteiger partial charge in [-0.25, -0.2) is 4.98 Å². The lowest BCUT2D eigenvalue weighted by Crippen LogP contribution is -2.30. The van der Waals surface area contributed by atoms with Crippen molar-refractivity contribution in [3.8, 4) is 0 Å². The van der Waals surface area contributed by atoms with E-state index in [0.29, 0.717) is 6.04 Å². The molecule has 2 rings (SSSR count). The molecule has 0 aliphatic carbocycles. The van der Waals surface area contributed by atoms with E-state index in [9.17, 15) is 0 Å². The molecule has 0 saturated carbocycles. The Kier molecular flexibility index (Phi) is 4.59. The van der Waals surface area contributed by atoms with Gasteiger partial charge in [-0.3, -0.25) is 0 Å². The molecule has 19 heavy (non-hydrogen) atoms. The lowest BCUT2D eigenvalue weighted by molar-refractivity contribution is 0.672. The molecule has 0 radical (unpaired) electrons. The van der Waals surface area contributed by atoms with Crippen LogP contribution >= 0.6 is 15.9 Å². The molecular weight excluding hydrogens is 300 g/mol. The topological polar surface area (TPSA) is 16.1 Å². The fourth-order valence-corrected chi connectivity index (χ4v) is 2.21. The quantitative estimate of drug-likeness (QED) is 0.821. The number of aromatic nitrogens is 1. The third kappa shape index (κ3) is 3.57. The predicted molar refractivity (Wildman–Crippen MR) is 84.4 cm³/mol. The Labute approximate surface area is 123 Å². The van der Waals surface area contributed by atoms with Crippen molar-refractivity contribution in [2.75, 3.05) is 4.90 Å². The van der Waals surface area contributed by atoms with Crippen molar-refractivity contribution >= 4 is 21.7 Å². The molecule has 3 heteroatoms. The summed E-state index contributed by atoms with van der Waals surface area (Å²) in [6.07, 6.45) is 1.88. The monoisotopic (exact) mass is 318 g/mol. The fourth-order valence-electron chi connectivity index (χ4n) is 1.99. The van der Waals surface area contributed by atoms with Gasteiger partial charge in [-0.05, 0) is 53.9 Å². The van der Waals surface area contributed by atoms with Crippen LogP contribution in [-0.4, -0.2) is 11.0 Å². The fraction of sp³-hybridized carbons (Fsp3) is 0.312. The molecule has 0 unspecified atom stereocenters. The van der Waals surface area contributed by atoms with Crippen molar-refractivity contribution < 1.29 is 0 Å². The van der Waals surface area contributed by atoms with E-state index in [4.69, 9.17) is 0 Å². The van der Waals surface area contributed by atoms with Crippen LogP contribution in [0.2, 0.25) is 0 Å². The number of halogens is 1. The van der Waals surface area contributed by atoms with Gasteiger partial charge in [-0.1, -0.05) is 30.3 Å². The first-order valence-electron chi connectivity index (χ1n) is 6.50. The standard InChI is InChI=1S/C16H19BrN2/c1-12(2)19(11-14-7-5-4-6-8-14)16-9-13(3)15(17)10-18-16/h4-10,12H,11H2,1-3H3. The van der Waals surface area contributed by atoms with Crippen molar-refractivity contribution in [2.45, 2.75) is 33.4 Å². The molecule has 0 saturated heterocycles. The Morgan fingerprint density at radius 3 is 2.47 bits per heavy atom. The van der Waals surface area contributed by atoms with Gasteiger partial charge < -0.3 is 4.90 Å². The maximum absolute atomic E-state index is 4.54. The second kappa shape index (κ2) is 6.20. The first-order valence-corrected chi connectivity index (χ1v) is 7.30. The van der Waals surface area contributed by atoms with E-state index in [1.807, 2.05) is 12.3 Å². The van der Waals surface area contributed by atoms with Gasteiger partial charge >= 0.3 is 0 Å². The Morgan fingerprint density at radius 2 is 1.89 bits per heavy atom. The average Bonchev–Trinajstić information content (AvgIpc) is 2.40. The van der Waals surface area contributed by atoms with Crippen molar-refractivity contribution in [3.63, 3.8) is 0 Å². The minimum atomic E-state index is 0.410. The lowest BCUT2D eigenvalue weighted by atomic mass is 10.2. The Bertz CT molecular complexity index is 538. The molecule has 100 valence electrons. The van der Waals surface area contributed by atoms with Gasteiger partial charge in [0.25, 0.3) is 0 Å². The van der Waals surface area contributed by atoms with E-state index in [0.717, 1.165) is 16.8 Å². The second-order valence-corrected chi connectivity index (χ2v) is 5.85. The number of hydrogen-bond acceptors (Lipinski definition) is 2. The minimum Gasteiger partial charge on any atom is -0.350 e. The Hall–Kier alpha value is -1.35. The normalized spacial score (nSPS) is 10.8. The number of pyridine rings is 1. The van der Waals surface area contributed by atoms with E-state index in [-0.39, 0.29) is 0 Å². The number of anilines is 1. The lowest BCUT2D eigenvalue weighted by Gasteiger charge is -2.28. The van der Waals surface area contributed by atoms with Gasteiger partial charge in [0.15, 0.2) is 0 Å². The zero-order chi connectivity index (χ0) is 13.8. The molecule has 0 N–H and O–H groups in total. The highest BCUT2D eigenvalue weighted by Crippen LogP contribution is 2.23. The number of benzene rings is 1. The summed E-state index contributed by atoms with van der Waals surface area (Å²) in [5.74, 6) is 1.03.